The van der Waals surface area contributed by atoms with Crippen LogP contribution in [-0.2, 0) is 6.54 Å². The van der Waals surface area contributed by atoms with Crippen molar-refractivity contribution in [3.8, 4) is 6.07 Å². The fraction of sp³-hybridized carbons (Fsp3) is 0.0769. The van der Waals surface area contributed by atoms with Gasteiger partial charge in [-0.25, -0.2) is 4.98 Å². The summed E-state index contributed by atoms with van der Waals surface area (Å²) < 4.78 is 0.939. The topological polar surface area (TPSA) is 48.7 Å². The molecule has 0 saturated carbocycles. The number of halogens is 2. The molecule has 0 aliphatic carbocycles. The van der Waals surface area contributed by atoms with Gasteiger partial charge in [0.15, 0.2) is 0 Å². The molecule has 3 nitrogen and oxygen atoms in total. The van der Waals surface area contributed by atoms with Gasteiger partial charge in [-0.2, -0.15) is 5.26 Å². The van der Waals surface area contributed by atoms with Crippen molar-refractivity contribution in [2.24, 2.45) is 0 Å². The van der Waals surface area contributed by atoms with Gasteiger partial charge in [0.25, 0.3) is 0 Å². The first-order valence-electron chi connectivity index (χ1n) is 5.23. The highest BCUT2D eigenvalue weighted by molar-refractivity contribution is 9.10. The van der Waals surface area contributed by atoms with E-state index in [4.69, 9.17) is 16.9 Å². The molecule has 5 heteroatoms. The number of nitrogens with zero attached hydrogens (tertiary/aromatic N) is 2. The molecule has 18 heavy (non-hydrogen) atoms. The van der Waals surface area contributed by atoms with E-state index in [1.54, 1.807) is 12.3 Å². The van der Waals surface area contributed by atoms with Crippen molar-refractivity contribution in [2.75, 3.05) is 5.32 Å². The van der Waals surface area contributed by atoms with E-state index in [0.29, 0.717) is 17.3 Å². The number of pyridine rings is 1. The van der Waals surface area contributed by atoms with E-state index in [9.17, 15) is 0 Å². The van der Waals surface area contributed by atoms with Crippen molar-refractivity contribution in [1.82, 2.24) is 4.98 Å². The molecule has 0 saturated heterocycles. The second-order valence-corrected chi connectivity index (χ2v) is 4.96. The molecular weight excluding hydrogens is 314 g/mol. The molecule has 0 aliphatic rings. The Morgan fingerprint density at radius 2 is 2.17 bits per heavy atom. The minimum absolute atomic E-state index is 0.413. The first-order valence-corrected chi connectivity index (χ1v) is 6.40. The van der Waals surface area contributed by atoms with Gasteiger partial charge in [0.05, 0.1) is 10.7 Å². The second kappa shape index (κ2) is 5.85. The lowest BCUT2D eigenvalue weighted by Gasteiger charge is -2.08. The number of hydrogen-bond acceptors (Lipinski definition) is 3. The molecule has 0 fully saturated rings. The van der Waals surface area contributed by atoms with Gasteiger partial charge in [-0.1, -0.05) is 27.5 Å². The summed E-state index contributed by atoms with van der Waals surface area (Å²) in [4.78, 5) is 3.92. The summed E-state index contributed by atoms with van der Waals surface area (Å²) in [5.74, 6) is 0. The number of nitrogens with one attached hydrogen (secondary N) is 1. The van der Waals surface area contributed by atoms with Crippen LogP contribution in [0, 0.1) is 11.3 Å². The molecule has 0 radical (unpaired) electrons. The number of hydrogen-bond donors (Lipinski definition) is 1. The number of rotatable bonds is 3. The molecule has 0 amide bonds. The molecule has 1 aromatic heterocycles. The zero-order chi connectivity index (χ0) is 13.0. The van der Waals surface area contributed by atoms with E-state index in [1.165, 1.54) is 0 Å². The maximum Gasteiger partial charge on any atom is 0.140 e. The zero-order valence-electron chi connectivity index (χ0n) is 9.32. The molecule has 0 aliphatic heterocycles. The molecule has 90 valence electrons. The maximum absolute atomic E-state index is 8.76. The van der Waals surface area contributed by atoms with Gasteiger partial charge < -0.3 is 5.32 Å². The molecule has 2 rings (SSSR count). The van der Waals surface area contributed by atoms with Crippen molar-refractivity contribution in [3.63, 3.8) is 0 Å². The van der Waals surface area contributed by atoms with E-state index in [2.05, 4.69) is 26.2 Å². The van der Waals surface area contributed by atoms with Gasteiger partial charge in [-0.15, -0.1) is 0 Å². The monoisotopic (exact) mass is 321 g/mol. The molecule has 1 aromatic carbocycles. The van der Waals surface area contributed by atoms with E-state index >= 15 is 0 Å². The van der Waals surface area contributed by atoms with Gasteiger partial charge in [0, 0.05) is 17.2 Å². The Labute approximate surface area is 119 Å². The Balaban J connectivity index is 2.09. The van der Waals surface area contributed by atoms with Gasteiger partial charge in [0.1, 0.15) is 11.8 Å². The summed E-state index contributed by atoms with van der Waals surface area (Å²) in [6, 6.07) is 11.3. The number of nitriles is 1. The second-order valence-electron chi connectivity index (χ2n) is 3.64. The fourth-order valence-corrected chi connectivity index (χ4v) is 2.22. The summed E-state index contributed by atoms with van der Waals surface area (Å²) in [6.45, 7) is 0.596. The number of benzene rings is 1. The van der Waals surface area contributed by atoms with Crippen LogP contribution in [0.5, 0.6) is 0 Å². The molecule has 0 spiro atoms. The third-order valence-electron chi connectivity index (χ3n) is 2.35. The van der Waals surface area contributed by atoms with Gasteiger partial charge >= 0.3 is 0 Å². The van der Waals surface area contributed by atoms with Gasteiger partial charge in [-0.05, 0) is 35.9 Å². The van der Waals surface area contributed by atoms with Crippen molar-refractivity contribution in [2.45, 2.75) is 6.54 Å². The van der Waals surface area contributed by atoms with E-state index in [1.807, 2.05) is 30.3 Å². The Morgan fingerprint density at radius 3 is 2.89 bits per heavy atom. The third-order valence-corrected chi connectivity index (χ3v) is 3.16. The van der Waals surface area contributed by atoms with Crippen molar-refractivity contribution >= 4 is 33.2 Å². The molecule has 1 N–H and O–H groups in total. The highest BCUT2D eigenvalue weighted by Crippen LogP contribution is 2.25. The maximum atomic E-state index is 8.76. The normalized spacial score (nSPS) is 9.83. The molecular formula is C13H9BrClN3. The summed E-state index contributed by atoms with van der Waals surface area (Å²) in [7, 11) is 0. The van der Waals surface area contributed by atoms with Crippen LogP contribution >= 0.6 is 27.5 Å². The molecule has 0 unspecified atom stereocenters. The van der Waals surface area contributed by atoms with Crippen molar-refractivity contribution < 1.29 is 0 Å². The van der Waals surface area contributed by atoms with Gasteiger partial charge in [0.2, 0.25) is 0 Å². The quantitative estimate of drug-likeness (QED) is 0.930. The first-order chi connectivity index (χ1) is 8.69. The van der Waals surface area contributed by atoms with E-state index in [0.717, 1.165) is 15.7 Å². The van der Waals surface area contributed by atoms with Gasteiger partial charge in [-0.3, -0.25) is 0 Å². The largest absolute Gasteiger partial charge is 0.380 e. The smallest absolute Gasteiger partial charge is 0.140 e. The molecule has 0 atom stereocenters. The fourth-order valence-electron chi connectivity index (χ4n) is 1.48. The summed E-state index contributed by atoms with van der Waals surface area (Å²) in [5, 5.41) is 12.6. The zero-order valence-corrected chi connectivity index (χ0v) is 11.7. The van der Waals surface area contributed by atoms with Crippen LogP contribution in [0.4, 0.5) is 5.69 Å². The summed E-state index contributed by atoms with van der Waals surface area (Å²) >= 11 is 9.45. The van der Waals surface area contributed by atoms with Crippen LogP contribution in [0.1, 0.15) is 11.3 Å². The van der Waals surface area contributed by atoms with E-state index in [-0.39, 0.29) is 0 Å². The predicted molar refractivity (Wildman–Crippen MR) is 75.4 cm³/mol. The highest BCUT2D eigenvalue weighted by atomic mass is 79.9. The third kappa shape index (κ3) is 3.22. The molecule has 1 heterocycles. The Kier molecular flexibility index (Phi) is 4.19. The average Bonchev–Trinajstić information content (AvgIpc) is 2.38. The highest BCUT2D eigenvalue weighted by Gasteiger charge is 2.01. The van der Waals surface area contributed by atoms with E-state index < -0.39 is 0 Å². The van der Waals surface area contributed by atoms with Crippen LogP contribution in [0.2, 0.25) is 5.02 Å². The lowest BCUT2D eigenvalue weighted by atomic mass is 10.2. The predicted octanol–water partition coefficient (Wildman–Crippen LogP) is 3.98. The Morgan fingerprint density at radius 1 is 1.33 bits per heavy atom. The average molecular weight is 323 g/mol. The minimum atomic E-state index is 0.413. The van der Waals surface area contributed by atoms with Crippen LogP contribution in [-0.4, -0.2) is 4.98 Å². The minimum Gasteiger partial charge on any atom is -0.380 e. The summed E-state index contributed by atoms with van der Waals surface area (Å²) in [5.41, 5.74) is 2.26. The Hall–Kier alpha value is -1.57. The SMILES string of the molecule is N#Cc1cc(CNc2ccc(Br)cc2Cl)ccn1. The van der Waals surface area contributed by atoms with Crippen LogP contribution in [0.3, 0.4) is 0 Å². The standard InChI is InChI=1S/C13H9BrClN3/c14-10-1-2-13(12(15)6-10)18-8-9-3-4-17-11(5-9)7-16/h1-6,18H,8H2. The Bertz CT molecular complexity index is 607. The van der Waals surface area contributed by atoms with Crippen LogP contribution < -0.4 is 5.32 Å². The van der Waals surface area contributed by atoms with Crippen LogP contribution in [0.25, 0.3) is 0 Å². The van der Waals surface area contributed by atoms with Crippen LogP contribution in [0.15, 0.2) is 41.0 Å². The number of aromatic nitrogens is 1. The number of anilines is 1. The summed E-state index contributed by atoms with van der Waals surface area (Å²) in [6.07, 6.45) is 1.62. The molecule has 0 bridgehead atoms. The lowest BCUT2D eigenvalue weighted by Crippen LogP contribution is -2.00. The van der Waals surface area contributed by atoms with Crippen molar-refractivity contribution in [1.29, 1.82) is 5.26 Å². The lowest BCUT2D eigenvalue weighted by molar-refractivity contribution is 1.12. The first kappa shape index (κ1) is 12.9. The van der Waals surface area contributed by atoms with Crippen molar-refractivity contribution in [3.05, 3.63) is 57.3 Å². The molecule has 2 aromatic rings.